The second-order valence-electron chi connectivity index (χ2n) is 6.84. The minimum Gasteiger partial charge on any atom is -0.506 e. The van der Waals surface area contributed by atoms with Gasteiger partial charge in [0.05, 0.1) is 5.69 Å². The highest BCUT2D eigenvalue weighted by Gasteiger charge is 2.34. The molecule has 3 aromatic heterocycles. The van der Waals surface area contributed by atoms with Crippen LogP contribution in [0.25, 0.3) is 22.3 Å². The monoisotopic (exact) mass is 371 g/mol. The SMILES string of the molecule is Cn1nc(-c2ccccn2)c2c1NC(=O)CC2c1ccc2cccc(O)c2n1. The van der Waals surface area contributed by atoms with E-state index in [2.05, 4.69) is 20.4 Å². The van der Waals surface area contributed by atoms with Crippen LogP contribution in [0.5, 0.6) is 5.75 Å². The molecule has 5 rings (SSSR count). The number of carbonyl (C=O) groups is 1. The molecule has 0 saturated heterocycles. The second kappa shape index (κ2) is 6.16. The lowest BCUT2D eigenvalue weighted by molar-refractivity contribution is -0.116. The van der Waals surface area contributed by atoms with Gasteiger partial charge >= 0.3 is 0 Å². The van der Waals surface area contributed by atoms with Crippen LogP contribution in [0.1, 0.15) is 23.6 Å². The Bertz CT molecular complexity index is 1220. The molecule has 1 atom stereocenters. The van der Waals surface area contributed by atoms with Crippen molar-refractivity contribution >= 4 is 22.6 Å². The number of rotatable bonds is 2. The van der Waals surface area contributed by atoms with E-state index in [1.54, 1.807) is 30.1 Å². The molecule has 0 radical (unpaired) electrons. The van der Waals surface area contributed by atoms with E-state index in [0.717, 1.165) is 28.0 Å². The van der Waals surface area contributed by atoms with Crippen LogP contribution in [0.3, 0.4) is 0 Å². The molecule has 1 amide bonds. The number of anilines is 1. The van der Waals surface area contributed by atoms with Gasteiger partial charge in [-0.1, -0.05) is 24.3 Å². The van der Waals surface area contributed by atoms with Crippen LogP contribution in [0, 0.1) is 0 Å². The molecule has 0 bridgehead atoms. The highest BCUT2D eigenvalue weighted by Crippen LogP contribution is 2.42. The van der Waals surface area contributed by atoms with Gasteiger partial charge in [0, 0.05) is 42.2 Å². The van der Waals surface area contributed by atoms with Crippen LogP contribution < -0.4 is 5.32 Å². The Morgan fingerprint density at radius 1 is 1.14 bits per heavy atom. The molecule has 1 unspecified atom stereocenters. The maximum Gasteiger partial charge on any atom is 0.226 e. The van der Waals surface area contributed by atoms with Gasteiger partial charge < -0.3 is 10.4 Å². The van der Waals surface area contributed by atoms with Gasteiger partial charge in [-0.15, -0.1) is 0 Å². The topological polar surface area (TPSA) is 92.9 Å². The van der Waals surface area contributed by atoms with Crippen molar-refractivity contribution in [3.63, 3.8) is 0 Å². The first-order chi connectivity index (χ1) is 13.6. The first kappa shape index (κ1) is 16.4. The molecular weight excluding hydrogens is 354 g/mol. The van der Waals surface area contributed by atoms with Gasteiger partial charge in [0.1, 0.15) is 22.8 Å². The first-order valence-corrected chi connectivity index (χ1v) is 8.98. The molecule has 28 heavy (non-hydrogen) atoms. The number of nitrogens with zero attached hydrogens (tertiary/aromatic N) is 4. The smallest absolute Gasteiger partial charge is 0.226 e. The van der Waals surface area contributed by atoms with Crippen LogP contribution in [0.15, 0.2) is 54.7 Å². The van der Waals surface area contributed by atoms with E-state index in [1.807, 2.05) is 36.4 Å². The average Bonchev–Trinajstić information content (AvgIpc) is 3.05. The number of hydrogen-bond acceptors (Lipinski definition) is 5. The number of carbonyl (C=O) groups excluding carboxylic acids is 1. The van der Waals surface area contributed by atoms with Gasteiger partial charge in [0.25, 0.3) is 0 Å². The van der Waals surface area contributed by atoms with E-state index in [-0.39, 0.29) is 24.0 Å². The van der Waals surface area contributed by atoms with Crippen LogP contribution in [-0.2, 0) is 11.8 Å². The van der Waals surface area contributed by atoms with E-state index in [0.29, 0.717) is 11.3 Å². The van der Waals surface area contributed by atoms with Gasteiger partial charge in [-0.05, 0) is 24.3 Å². The van der Waals surface area contributed by atoms with Crippen LogP contribution >= 0.6 is 0 Å². The molecule has 7 heteroatoms. The summed E-state index contributed by atoms with van der Waals surface area (Å²) >= 11 is 0. The Morgan fingerprint density at radius 3 is 2.86 bits per heavy atom. The third-order valence-electron chi connectivity index (χ3n) is 5.06. The summed E-state index contributed by atoms with van der Waals surface area (Å²) in [7, 11) is 1.80. The molecule has 4 heterocycles. The van der Waals surface area contributed by atoms with Gasteiger partial charge in [-0.3, -0.25) is 14.5 Å². The number of aromatic hydroxyl groups is 1. The molecule has 7 nitrogen and oxygen atoms in total. The van der Waals surface area contributed by atoms with Crippen molar-refractivity contribution < 1.29 is 9.90 Å². The fourth-order valence-electron chi connectivity index (χ4n) is 3.77. The van der Waals surface area contributed by atoms with E-state index in [9.17, 15) is 9.90 Å². The summed E-state index contributed by atoms with van der Waals surface area (Å²) < 4.78 is 1.67. The number of para-hydroxylation sites is 1. The normalized spacial score (nSPS) is 16.0. The number of phenolic OH excluding ortho intramolecular Hbond substituents is 1. The third kappa shape index (κ3) is 2.51. The van der Waals surface area contributed by atoms with Gasteiger partial charge in [0.15, 0.2) is 0 Å². The summed E-state index contributed by atoms with van der Waals surface area (Å²) in [6.45, 7) is 0. The lowest BCUT2D eigenvalue weighted by Gasteiger charge is -2.23. The molecule has 0 spiro atoms. The molecule has 0 fully saturated rings. The number of aryl methyl sites for hydroxylation is 1. The van der Waals surface area contributed by atoms with E-state index in [4.69, 9.17) is 0 Å². The molecule has 0 aliphatic carbocycles. The van der Waals surface area contributed by atoms with Crippen molar-refractivity contribution in [3.8, 4) is 17.1 Å². The van der Waals surface area contributed by atoms with E-state index in [1.165, 1.54) is 0 Å². The van der Waals surface area contributed by atoms with Gasteiger partial charge in [-0.2, -0.15) is 5.10 Å². The van der Waals surface area contributed by atoms with Crippen LogP contribution in [0.2, 0.25) is 0 Å². The fraction of sp³-hybridized carbons (Fsp3) is 0.143. The summed E-state index contributed by atoms with van der Waals surface area (Å²) in [6.07, 6.45) is 1.98. The number of fused-ring (bicyclic) bond motifs is 2. The molecule has 1 aliphatic heterocycles. The number of phenols is 1. The minimum atomic E-state index is -0.279. The Balaban J connectivity index is 1.73. The summed E-state index contributed by atoms with van der Waals surface area (Å²) in [4.78, 5) is 21.5. The largest absolute Gasteiger partial charge is 0.506 e. The summed E-state index contributed by atoms with van der Waals surface area (Å²) in [5.41, 5.74) is 3.60. The van der Waals surface area contributed by atoms with E-state index < -0.39 is 0 Å². The van der Waals surface area contributed by atoms with Gasteiger partial charge in [-0.25, -0.2) is 4.98 Å². The molecule has 2 N–H and O–H groups in total. The van der Waals surface area contributed by atoms with Gasteiger partial charge in [0.2, 0.25) is 5.91 Å². The average molecular weight is 371 g/mol. The number of nitrogens with one attached hydrogen (secondary N) is 1. The van der Waals surface area contributed by atoms with Crippen molar-refractivity contribution in [1.29, 1.82) is 0 Å². The lowest BCUT2D eigenvalue weighted by atomic mass is 9.87. The molecular formula is C21H17N5O2. The maximum atomic E-state index is 12.4. The second-order valence-corrected chi connectivity index (χ2v) is 6.84. The van der Waals surface area contributed by atoms with Crippen molar-refractivity contribution in [1.82, 2.24) is 19.7 Å². The molecule has 1 aromatic carbocycles. The number of benzene rings is 1. The highest BCUT2D eigenvalue weighted by molar-refractivity contribution is 5.96. The Labute approximate surface area is 160 Å². The maximum absolute atomic E-state index is 12.4. The molecule has 0 saturated carbocycles. The molecule has 138 valence electrons. The van der Waals surface area contributed by atoms with Crippen molar-refractivity contribution in [2.24, 2.45) is 7.05 Å². The summed E-state index contributed by atoms with van der Waals surface area (Å²) in [5.74, 6) is 0.405. The zero-order valence-corrected chi connectivity index (χ0v) is 15.1. The first-order valence-electron chi connectivity index (χ1n) is 8.98. The van der Waals surface area contributed by atoms with Crippen LogP contribution in [0.4, 0.5) is 5.82 Å². The molecule has 4 aromatic rings. The summed E-state index contributed by atoms with van der Waals surface area (Å²) in [6, 6.07) is 14.8. The predicted octanol–water partition coefficient (Wildman–Crippen LogP) is 3.21. The third-order valence-corrected chi connectivity index (χ3v) is 5.06. The zero-order valence-electron chi connectivity index (χ0n) is 15.1. The fourth-order valence-corrected chi connectivity index (χ4v) is 3.77. The van der Waals surface area contributed by atoms with E-state index >= 15 is 0 Å². The Morgan fingerprint density at radius 2 is 2.04 bits per heavy atom. The molecule has 1 aliphatic rings. The number of pyridine rings is 2. The quantitative estimate of drug-likeness (QED) is 0.564. The number of hydrogen-bond donors (Lipinski definition) is 2. The zero-order chi connectivity index (χ0) is 19.3. The standard InChI is InChI=1S/C21H17N5O2/c1-26-21-18(20(25-26)15-6-2-3-10-22-15)13(11-17(28)24-21)14-9-8-12-5-4-7-16(27)19(12)23-14/h2-10,13,27H,11H2,1H3,(H,24,28). The lowest BCUT2D eigenvalue weighted by Crippen LogP contribution is -2.25. The Hall–Kier alpha value is -3.74. The number of aromatic nitrogens is 4. The van der Waals surface area contributed by atoms with Crippen molar-refractivity contribution in [2.45, 2.75) is 12.3 Å². The van der Waals surface area contributed by atoms with Crippen LogP contribution in [-0.4, -0.2) is 30.8 Å². The predicted molar refractivity (Wildman–Crippen MR) is 105 cm³/mol. The number of amides is 1. The Kier molecular flexibility index (Phi) is 3.61. The minimum absolute atomic E-state index is 0.0905. The highest BCUT2D eigenvalue weighted by atomic mass is 16.3. The van der Waals surface area contributed by atoms with Crippen molar-refractivity contribution in [2.75, 3.05) is 5.32 Å². The summed E-state index contributed by atoms with van der Waals surface area (Å²) in [5, 5.41) is 18.6. The van der Waals surface area contributed by atoms with Crippen molar-refractivity contribution in [3.05, 3.63) is 66.0 Å².